The lowest BCUT2D eigenvalue weighted by Crippen LogP contribution is -2.12. The second kappa shape index (κ2) is 5.28. The summed E-state index contributed by atoms with van der Waals surface area (Å²) in [5.41, 5.74) is -0.890. The maximum atomic E-state index is 12.7. The first-order chi connectivity index (χ1) is 9.32. The van der Waals surface area contributed by atoms with Crippen molar-refractivity contribution in [3.63, 3.8) is 0 Å². The van der Waals surface area contributed by atoms with Crippen LogP contribution < -0.4 is 0 Å². The topological polar surface area (TPSA) is 56.5 Å². The van der Waals surface area contributed by atoms with Crippen LogP contribution in [0.2, 0.25) is 5.02 Å². The zero-order valence-corrected chi connectivity index (χ0v) is 11.0. The number of fused-ring (bicyclic) bond motifs is 1. The van der Waals surface area contributed by atoms with Gasteiger partial charge in [0.2, 0.25) is 0 Å². The van der Waals surface area contributed by atoms with Crippen molar-refractivity contribution in [1.29, 1.82) is 0 Å². The first kappa shape index (κ1) is 14.6. The number of nitrogens with zero attached hydrogens (tertiary/aromatic N) is 3. The fourth-order valence-corrected chi connectivity index (χ4v) is 1.86. The van der Waals surface area contributed by atoms with E-state index in [4.69, 9.17) is 16.3 Å². The van der Waals surface area contributed by atoms with E-state index in [1.807, 2.05) is 0 Å². The summed E-state index contributed by atoms with van der Waals surface area (Å²) in [4.78, 5) is 11.4. The highest BCUT2D eigenvalue weighted by atomic mass is 35.5. The predicted molar refractivity (Wildman–Crippen MR) is 63.3 cm³/mol. The van der Waals surface area contributed by atoms with E-state index < -0.39 is 17.7 Å². The van der Waals surface area contributed by atoms with Crippen LogP contribution in [-0.4, -0.2) is 27.2 Å². The molecule has 0 saturated heterocycles. The molecule has 5 nitrogen and oxygen atoms in total. The van der Waals surface area contributed by atoms with Crippen LogP contribution >= 0.6 is 11.6 Å². The molecule has 2 heterocycles. The Morgan fingerprint density at radius 1 is 1.45 bits per heavy atom. The number of aromatic nitrogens is 3. The summed E-state index contributed by atoms with van der Waals surface area (Å²) >= 11 is 5.74. The third kappa shape index (κ3) is 2.84. The van der Waals surface area contributed by atoms with Gasteiger partial charge in [0.15, 0.2) is 5.65 Å². The van der Waals surface area contributed by atoms with Crippen molar-refractivity contribution in [2.45, 2.75) is 19.5 Å². The fourth-order valence-electron chi connectivity index (χ4n) is 1.62. The molecular weight excluding hydrogens is 299 g/mol. The molecule has 2 aromatic heterocycles. The molecule has 0 fully saturated rings. The van der Waals surface area contributed by atoms with Gasteiger partial charge in [-0.15, -0.1) is 10.2 Å². The highest BCUT2D eigenvalue weighted by Gasteiger charge is 2.32. The number of esters is 1. The Morgan fingerprint density at radius 2 is 2.15 bits per heavy atom. The third-order valence-corrected chi connectivity index (χ3v) is 2.74. The van der Waals surface area contributed by atoms with Crippen LogP contribution in [0.25, 0.3) is 5.65 Å². The van der Waals surface area contributed by atoms with Gasteiger partial charge in [0, 0.05) is 6.20 Å². The van der Waals surface area contributed by atoms with Gasteiger partial charge in [0.05, 0.1) is 17.2 Å². The molecule has 2 aromatic rings. The van der Waals surface area contributed by atoms with Gasteiger partial charge in [0.1, 0.15) is 12.2 Å². The molecule has 0 bridgehead atoms. The molecule has 0 aliphatic carbocycles. The summed E-state index contributed by atoms with van der Waals surface area (Å²) in [7, 11) is 0. The summed E-state index contributed by atoms with van der Waals surface area (Å²) in [6, 6.07) is 0.764. The van der Waals surface area contributed by atoms with Gasteiger partial charge in [-0.3, -0.25) is 9.20 Å². The van der Waals surface area contributed by atoms with E-state index in [1.54, 1.807) is 6.92 Å². The van der Waals surface area contributed by atoms with Crippen molar-refractivity contribution in [2.75, 3.05) is 6.61 Å². The van der Waals surface area contributed by atoms with E-state index in [-0.39, 0.29) is 29.5 Å². The minimum atomic E-state index is -4.55. The lowest BCUT2D eigenvalue weighted by molar-refractivity contribution is -0.142. The SMILES string of the molecule is CCOC(=O)Cc1nnc2c(Cl)cc(C(F)(F)F)cn12. The van der Waals surface area contributed by atoms with Crippen molar-refractivity contribution < 1.29 is 22.7 Å². The molecule has 0 atom stereocenters. The van der Waals surface area contributed by atoms with Crippen molar-refractivity contribution >= 4 is 23.2 Å². The maximum absolute atomic E-state index is 12.7. The normalized spacial score (nSPS) is 11.8. The number of ether oxygens (including phenoxy) is 1. The summed E-state index contributed by atoms with van der Waals surface area (Å²) in [6.07, 6.45) is -4.04. The minimum Gasteiger partial charge on any atom is -0.466 e. The van der Waals surface area contributed by atoms with Crippen LogP contribution in [0.15, 0.2) is 12.3 Å². The molecule has 0 radical (unpaired) electrons. The molecular formula is C11H9ClF3N3O2. The number of carbonyl (C=O) groups excluding carboxylic acids is 1. The Bertz CT molecular complexity index is 654. The summed E-state index contributed by atoms with van der Waals surface area (Å²) in [5.74, 6) is -0.568. The Hall–Kier alpha value is -1.83. The third-order valence-electron chi connectivity index (χ3n) is 2.47. The zero-order valence-electron chi connectivity index (χ0n) is 10.2. The van der Waals surface area contributed by atoms with Crippen molar-refractivity contribution in [3.8, 4) is 0 Å². The molecule has 0 aliphatic rings. The van der Waals surface area contributed by atoms with Crippen LogP contribution in [0.5, 0.6) is 0 Å². The van der Waals surface area contributed by atoms with E-state index in [2.05, 4.69) is 10.2 Å². The quantitative estimate of drug-likeness (QED) is 0.818. The number of hydrogen-bond donors (Lipinski definition) is 0. The Balaban J connectivity index is 2.47. The second-order valence-electron chi connectivity index (χ2n) is 3.87. The van der Waals surface area contributed by atoms with Gasteiger partial charge in [0.25, 0.3) is 0 Å². The lowest BCUT2D eigenvalue weighted by Gasteiger charge is -2.08. The van der Waals surface area contributed by atoms with Gasteiger partial charge in [-0.25, -0.2) is 0 Å². The van der Waals surface area contributed by atoms with E-state index in [0.29, 0.717) is 0 Å². The summed E-state index contributed by atoms with van der Waals surface area (Å²) in [5, 5.41) is 7.13. The molecule has 0 unspecified atom stereocenters. The van der Waals surface area contributed by atoms with E-state index >= 15 is 0 Å². The first-order valence-corrected chi connectivity index (χ1v) is 5.96. The summed E-state index contributed by atoms with van der Waals surface area (Å²) < 4.78 is 43.9. The van der Waals surface area contributed by atoms with Crippen LogP contribution in [0, 0.1) is 0 Å². The van der Waals surface area contributed by atoms with Crippen molar-refractivity contribution in [2.24, 2.45) is 0 Å². The standard InChI is InChI=1S/C11H9ClF3N3O2/c1-2-20-9(19)4-8-16-17-10-7(12)3-6(5-18(8)10)11(13,14)15/h3,5H,2,4H2,1H3. The van der Waals surface area contributed by atoms with Crippen molar-refractivity contribution in [1.82, 2.24) is 14.6 Å². The van der Waals surface area contributed by atoms with E-state index in [9.17, 15) is 18.0 Å². The molecule has 2 rings (SSSR count). The number of alkyl halides is 3. The average molecular weight is 308 g/mol. The molecule has 0 saturated carbocycles. The number of pyridine rings is 1. The van der Waals surface area contributed by atoms with Gasteiger partial charge < -0.3 is 4.74 Å². The van der Waals surface area contributed by atoms with Crippen LogP contribution in [0.1, 0.15) is 18.3 Å². The lowest BCUT2D eigenvalue weighted by atomic mass is 10.2. The molecule has 0 aliphatic heterocycles. The minimum absolute atomic E-state index is 0.0338. The van der Waals surface area contributed by atoms with Gasteiger partial charge in [-0.2, -0.15) is 13.2 Å². The number of rotatable bonds is 3. The Morgan fingerprint density at radius 3 is 2.75 bits per heavy atom. The predicted octanol–water partition coefficient (Wildman–Crippen LogP) is 2.51. The fraction of sp³-hybridized carbons (Fsp3) is 0.364. The molecule has 20 heavy (non-hydrogen) atoms. The number of halogens is 4. The zero-order chi connectivity index (χ0) is 14.9. The molecule has 9 heteroatoms. The van der Waals surface area contributed by atoms with E-state index in [1.165, 1.54) is 0 Å². The molecule has 0 amide bonds. The highest BCUT2D eigenvalue weighted by molar-refractivity contribution is 6.33. The van der Waals surface area contributed by atoms with Gasteiger partial charge in [-0.05, 0) is 13.0 Å². The van der Waals surface area contributed by atoms with Crippen LogP contribution in [0.3, 0.4) is 0 Å². The maximum Gasteiger partial charge on any atom is 0.417 e. The largest absolute Gasteiger partial charge is 0.466 e. The smallest absolute Gasteiger partial charge is 0.417 e. The Labute approximate surface area is 116 Å². The molecule has 0 aromatic carbocycles. The molecule has 108 valence electrons. The van der Waals surface area contributed by atoms with E-state index in [0.717, 1.165) is 16.7 Å². The second-order valence-corrected chi connectivity index (χ2v) is 4.27. The number of carbonyl (C=O) groups is 1. The molecule has 0 N–H and O–H groups in total. The number of hydrogen-bond acceptors (Lipinski definition) is 4. The first-order valence-electron chi connectivity index (χ1n) is 5.59. The monoisotopic (exact) mass is 307 g/mol. The average Bonchev–Trinajstić information content (AvgIpc) is 2.72. The summed E-state index contributed by atoms with van der Waals surface area (Å²) in [6.45, 7) is 1.79. The highest BCUT2D eigenvalue weighted by Crippen LogP contribution is 2.32. The van der Waals surface area contributed by atoms with Crippen LogP contribution in [-0.2, 0) is 22.1 Å². The Kier molecular flexibility index (Phi) is 3.85. The van der Waals surface area contributed by atoms with Crippen molar-refractivity contribution in [3.05, 3.63) is 28.7 Å². The van der Waals surface area contributed by atoms with Gasteiger partial charge >= 0.3 is 12.1 Å². The van der Waals surface area contributed by atoms with Crippen LogP contribution in [0.4, 0.5) is 13.2 Å². The van der Waals surface area contributed by atoms with Gasteiger partial charge in [-0.1, -0.05) is 11.6 Å². The molecule has 0 spiro atoms.